The molecule has 1 N–H and O–H groups in total. The highest BCUT2D eigenvalue weighted by atomic mass is 32.1. The van der Waals surface area contributed by atoms with Crippen molar-refractivity contribution in [1.82, 2.24) is 20.1 Å². The number of thiazole rings is 1. The standard InChI is InChI=1S/C15H16N4O2S/c1-3-10-7-16-13(22-10)8-17-15(20)11-9-19(2)18-14(11)12-5-4-6-21-12/h4-7,9H,3,8H2,1-2H3,(H,17,20). The molecule has 0 unspecified atom stereocenters. The first-order chi connectivity index (χ1) is 10.7. The van der Waals surface area contributed by atoms with Gasteiger partial charge in [-0.05, 0) is 18.6 Å². The number of aromatic nitrogens is 3. The molecule has 3 aromatic heterocycles. The van der Waals surface area contributed by atoms with Crippen LogP contribution in [0.25, 0.3) is 11.5 Å². The van der Waals surface area contributed by atoms with Crippen LogP contribution in [0.1, 0.15) is 27.2 Å². The molecule has 22 heavy (non-hydrogen) atoms. The van der Waals surface area contributed by atoms with E-state index in [4.69, 9.17) is 4.42 Å². The van der Waals surface area contributed by atoms with Crippen LogP contribution in [-0.2, 0) is 20.0 Å². The Bertz CT molecular complexity index is 773. The van der Waals surface area contributed by atoms with Gasteiger partial charge in [0.15, 0.2) is 5.76 Å². The Morgan fingerprint density at radius 3 is 3.05 bits per heavy atom. The van der Waals surface area contributed by atoms with E-state index in [0.717, 1.165) is 11.4 Å². The van der Waals surface area contributed by atoms with Crippen LogP contribution in [0.3, 0.4) is 0 Å². The van der Waals surface area contributed by atoms with Gasteiger partial charge >= 0.3 is 0 Å². The van der Waals surface area contributed by atoms with Crippen molar-refractivity contribution < 1.29 is 9.21 Å². The van der Waals surface area contributed by atoms with Crippen LogP contribution in [0.4, 0.5) is 0 Å². The van der Waals surface area contributed by atoms with Gasteiger partial charge in [0.1, 0.15) is 10.7 Å². The van der Waals surface area contributed by atoms with Crippen LogP contribution < -0.4 is 5.32 Å². The Kier molecular flexibility index (Phi) is 4.06. The Morgan fingerprint density at radius 1 is 1.50 bits per heavy atom. The average Bonchev–Trinajstić information content (AvgIpc) is 3.24. The molecule has 7 heteroatoms. The van der Waals surface area contributed by atoms with Crippen molar-refractivity contribution in [1.29, 1.82) is 0 Å². The van der Waals surface area contributed by atoms with E-state index < -0.39 is 0 Å². The van der Waals surface area contributed by atoms with E-state index in [0.29, 0.717) is 23.6 Å². The molecule has 0 aliphatic heterocycles. The summed E-state index contributed by atoms with van der Waals surface area (Å²) in [7, 11) is 1.78. The molecule has 0 atom stereocenters. The summed E-state index contributed by atoms with van der Waals surface area (Å²) in [5.41, 5.74) is 1.03. The second-order valence-electron chi connectivity index (χ2n) is 4.80. The number of aryl methyl sites for hydroxylation is 2. The largest absolute Gasteiger partial charge is 0.463 e. The van der Waals surface area contributed by atoms with E-state index in [2.05, 4.69) is 22.3 Å². The number of carbonyl (C=O) groups excluding carboxylic acids is 1. The number of rotatable bonds is 5. The third-order valence-corrected chi connectivity index (χ3v) is 4.32. The monoisotopic (exact) mass is 316 g/mol. The molecule has 0 saturated heterocycles. The van der Waals surface area contributed by atoms with E-state index in [1.165, 1.54) is 4.88 Å². The van der Waals surface area contributed by atoms with Gasteiger partial charge < -0.3 is 9.73 Å². The zero-order valence-electron chi connectivity index (χ0n) is 12.4. The smallest absolute Gasteiger partial charge is 0.255 e. The number of hydrogen-bond acceptors (Lipinski definition) is 5. The lowest BCUT2D eigenvalue weighted by Crippen LogP contribution is -2.22. The molecule has 0 bridgehead atoms. The summed E-state index contributed by atoms with van der Waals surface area (Å²) >= 11 is 1.61. The highest BCUT2D eigenvalue weighted by Gasteiger charge is 2.19. The molecule has 0 spiro atoms. The van der Waals surface area contributed by atoms with Crippen LogP contribution in [0.2, 0.25) is 0 Å². The second kappa shape index (κ2) is 6.15. The van der Waals surface area contributed by atoms with Crippen LogP contribution in [0.5, 0.6) is 0 Å². The van der Waals surface area contributed by atoms with Gasteiger partial charge in [0.25, 0.3) is 5.91 Å². The summed E-state index contributed by atoms with van der Waals surface area (Å²) in [5, 5.41) is 8.07. The van der Waals surface area contributed by atoms with Crippen molar-refractivity contribution in [3.63, 3.8) is 0 Å². The molecule has 0 radical (unpaired) electrons. The second-order valence-corrected chi connectivity index (χ2v) is 6.00. The topological polar surface area (TPSA) is 73.0 Å². The van der Waals surface area contributed by atoms with Crippen molar-refractivity contribution in [3.8, 4) is 11.5 Å². The quantitative estimate of drug-likeness (QED) is 0.785. The van der Waals surface area contributed by atoms with Crippen LogP contribution in [-0.4, -0.2) is 20.7 Å². The Balaban J connectivity index is 1.75. The van der Waals surface area contributed by atoms with Crippen molar-refractivity contribution in [2.45, 2.75) is 19.9 Å². The maximum atomic E-state index is 12.4. The minimum atomic E-state index is -0.187. The lowest BCUT2D eigenvalue weighted by atomic mass is 10.2. The zero-order valence-corrected chi connectivity index (χ0v) is 13.2. The molecule has 0 aliphatic carbocycles. The Labute approximate surface area is 131 Å². The van der Waals surface area contributed by atoms with E-state index in [1.54, 1.807) is 47.7 Å². The van der Waals surface area contributed by atoms with Gasteiger partial charge in [-0.3, -0.25) is 9.48 Å². The summed E-state index contributed by atoms with van der Waals surface area (Å²) in [4.78, 5) is 17.9. The molecule has 0 fully saturated rings. The van der Waals surface area contributed by atoms with Crippen molar-refractivity contribution in [2.24, 2.45) is 7.05 Å². The predicted molar refractivity (Wildman–Crippen MR) is 83.6 cm³/mol. The molecule has 3 rings (SSSR count). The van der Waals surface area contributed by atoms with E-state index in [1.807, 2.05) is 6.20 Å². The fourth-order valence-corrected chi connectivity index (χ4v) is 2.90. The van der Waals surface area contributed by atoms with E-state index in [9.17, 15) is 4.79 Å². The van der Waals surface area contributed by atoms with E-state index >= 15 is 0 Å². The summed E-state index contributed by atoms with van der Waals surface area (Å²) in [6.07, 6.45) is 6.06. The molecule has 6 nitrogen and oxygen atoms in total. The lowest BCUT2D eigenvalue weighted by Gasteiger charge is -2.02. The van der Waals surface area contributed by atoms with Crippen LogP contribution in [0, 0.1) is 0 Å². The molecule has 0 aliphatic rings. The number of nitrogens with one attached hydrogen (secondary N) is 1. The van der Waals surface area contributed by atoms with Gasteiger partial charge in [-0.2, -0.15) is 5.10 Å². The van der Waals surface area contributed by atoms with Gasteiger partial charge in [-0.15, -0.1) is 11.3 Å². The molecular weight excluding hydrogens is 300 g/mol. The molecule has 114 valence electrons. The Hall–Kier alpha value is -2.41. The molecule has 0 aromatic carbocycles. The van der Waals surface area contributed by atoms with Crippen molar-refractivity contribution >= 4 is 17.2 Å². The SMILES string of the molecule is CCc1cnc(CNC(=O)c2cn(C)nc2-c2ccco2)s1. The first-order valence-electron chi connectivity index (χ1n) is 6.96. The van der Waals surface area contributed by atoms with Crippen LogP contribution >= 0.6 is 11.3 Å². The lowest BCUT2D eigenvalue weighted by molar-refractivity contribution is 0.0951. The van der Waals surface area contributed by atoms with Gasteiger partial charge in [0, 0.05) is 24.3 Å². The van der Waals surface area contributed by atoms with Gasteiger partial charge in [0.05, 0.1) is 18.4 Å². The van der Waals surface area contributed by atoms with E-state index in [-0.39, 0.29) is 5.91 Å². The van der Waals surface area contributed by atoms with Gasteiger partial charge in [-0.1, -0.05) is 6.92 Å². The number of hydrogen-bond donors (Lipinski definition) is 1. The summed E-state index contributed by atoms with van der Waals surface area (Å²) in [6, 6.07) is 3.56. The summed E-state index contributed by atoms with van der Waals surface area (Å²) in [5.74, 6) is 0.390. The molecule has 0 saturated carbocycles. The Morgan fingerprint density at radius 2 is 2.36 bits per heavy atom. The highest BCUT2D eigenvalue weighted by molar-refractivity contribution is 7.11. The van der Waals surface area contributed by atoms with Crippen molar-refractivity contribution in [2.75, 3.05) is 0 Å². The fourth-order valence-electron chi connectivity index (χ4n) is 2.09. The van der Waals surface area contributed by atoms with Crippen molar-refractivity contribution in [3.05, 3.63) is 46.2 Å². The normalized spacial score (nSPS) is 10.8. The minimum absolute atomic E-state index is 0.187. The summed E-state index contributed by atoms with van der Waals surface area (Å²) < 4.78 is 6.94. The van der Waals surface area contributed by atoms with Crippen LogP contribution in [0.15, 0.2) is 35.2 Å². The average molecular weight is 316 g/mol. The predicted octanol–water partition coefficient (Wildman–Crippen LogP) is 2.63. The maximum Gasteiger partial charge on any atom is 0.255 e. The minimum Gasteiger partial charge on any atom is -0.463 e. The number of amides is 1. The molecule has 1 amide bonds. The summed E-state index contributed by atoms with van der Waals surface area (Å²) in [6.45, 7) is 2.50. The van der Waals surface area contributed by atoms with Gasteiger partial charge in [-0.25, -0.2) is 4.98 Å². The third kappa shape index (κ3) is 2.94. The maximum absolute atomic E-state index is 12.4. The number of carbonyl (C=O) groups is 1. The fraction of sp³-hybridized carbons (Fsp3) is 0.267. The molecular formula is C15H16N4O2S. The highest BCUT2D eigenvalue weighted by Crippen LogP contribution is 2.22. The number of nitrogens with zero attached hydrogens (tertiary/aromatic N) is 3. The first-order valence-corrected chi connectivity index (χ1v) is 7.78. The zero-order chi connectivity index (χ0) is 15.5. The third-order valence-electron chi connectivity index (χ3n) is 3.18. The number of furan rings is 1. The molecule has 3 aromatic rings. The molecule has 3 heterocycles. The first kappa shape index (κ1) is 14.5. The van der Waals surface area contributed by atoms with Gasteiger partial charge in [0.2, 0.25) is 0 Å².